The Labute approximate surface area is 217 Å². The van der Waals surface area contributed by atoms with E-state index in [0.717, 1.165) is 22.5 Å². The molecule has 3 heterocycles. The van der Waals surface area contributed by atoms with Crippen molar-refractivity contribution in [2.45, 2.75) is 12.8 Å². The molecule has 3 N–H and O–H groups in total. The molecule has 9 nitrogen and oxygen atoms in total. The first kappa shape index (κ1) is 23.2. The van der Waals surface area contributed by atoms with E-state index in [1.165, 1.54) is 24.6 Å². The highest BCUT2D eigenvalue weighted by Crippen LogP contribution is 2.39. The normalized spacial score (nSPS) is 15.1. The third kappa shape index (κ3) is 4.20. The fourth-order valence-electron chi connectivity index (χ4n) is 4.89. The quantitative estimate of drug-likeness (QED) is 0.330. The van der Waals surface area contributed by atoms with Crippen LogP contribution in [0.25, 0.3) is 11.3 Å². The summed E-state index contributed by atoms with van der Waals surface area (Å²) in [4.78, 5) is 43.2. The number of carbonyl (C=O) groups excluding carboxylic acids is 2. The smallest absolute Gasteiger partial charge is 0.335 e. The molecule has 0 fully saturated rings. The first-order valence-corrected chi connectivity index (χ1v) is 12.1. The minimum absolute atomic E-state index is 0.0843. The lowest BCUT2D eigenvalue weighted by atomic mass is 9.99. The molecule has 0 atom stereocenters. The van der Waals surface area contributed by atoms with Gasteiger partial charge in [-0.2, -0.15) is 0 Å². The number of carboxylic acids is 1. The topological polar surface area (TPSA) is 125 Å². The minimum atomic E-state index is -1.06. The molecule has 0 aliphatic carbocycles. The number of benzene rings is 3. The van der Waals surface area contributed by atoms with Crippen molar-refractivity contribution in [2.24, 2.45) is 0 Å². The molecule has 2 aliphatic heterocycles. The van der Waals surface area contributed by atoms with E-state index in [2.05, 4.69) is 15.6 Å². The number of aromatic nitrogens is 1. The van der Waals surface area contributed by atoms with Gasteiger partial charge in [-0.1, -0.05) is 36.4 Å². The van der Waals surface area contributed by atoms with Gasteiger partial charge in [-0.25, -0.2) is 9.78 Å². The Morgan fingerprint density at radius 3 is 2.66 bits per heavy atom. The highest BCUT2D eigenvalue weighted by atomic mass is 16.4. The second kappa shape index (κ2) is 9.36. The molecule has 6 rings (SSSR count). The largest absolute Gasteiger partial charge is 0.478 e. The summed E-state index contributed by atoms with van der Waals surface area (Å²) in [7, 11) is 0. The third-order valence-electron chi connectivity index (χ3n) is 6.65. The van der Waals surface area contributed by atoms with E-state index in [0.29, 0.717) is 41.4 Å². The number of anilines is 3. The zero-order chi connectivity index (χ0) is 26.2. The lowest BCUT2D eigenvalue weighted by Gasteiger charge is -2.18. The van der Waals surface area contributed by atoms with Crippen molar-refractivity contribution >= 4 is 46.1 Å². The Hall–Kier alpha value is -5.18. The SMILES string of the molecule is O=C1Nc2cc(C(=O)O)ccc2/C1=C(/Nc1ccc2c(c1)CCN2C(=O)Cc1ncco1)c1ccccc1. The zero-order valence-corrected chi connectivity index (χ0v) is 20.1. The van der Waals surface area contributed by atoms with Crippen molar-refractivity contribution in [3.8, 4) is 0 Å². The Morgan fingerprint density at radius 2 is 1.89 bits per heavy atom. The van der Waals surface area contributed by atoms with Gasteiger partial charge in [0.05, 0.1) is 28.7 Å². The summed E-state index contributed by atoms with van der Waals surface area (Å²) in [6, 6.07) is 19.8. The predicted molar refractivity (Wildman–Crippen MR) is 142 cm³/mol. The molecule has 188 valence electrons. The van der Waals surface area contributed by atoms with Crippen LogP contribution >= 0.6 is 0 Å². The maximum absolute atomic E-state index is 13.1. The number of amides is 2. The van der Waals surface area contributed by atoms with Crippen LogP contribution in [0, 0.1) is 0 Å². The fraction of sp³-hybridized carbons (Fsp3) is 0.103. The molecule has 1 aromatic heterocycles. The summed E-state index contributed by atoms with van der Waals surface area (Å²) in [5.74, 6) is -1.09. The first-order valence-electron chi connectivity index (χ1n) is 12.1. The number of carboxylic acid groups (broad SMARTS) is 1. The summed E-state index contributed by atoms with van der Waals surface area (Å²) in [5.41, 5.74) is 5.61. The third-order valence-corrected chi connectivity index (χ3v) is 6.65. The van der Waals surface area contributed by atoms with Crippen molar-refractivity contribution in [3.05, 3.63) is 107 Å². The number of rotatable bonds is 6. The van der Waals surface area contributed by atoms with Crippen molar-refractivity contribution in [1.82, 2.24) is 4.98 Å². The molecule has 0 unspecified atom stereocenters. The Kier molecular flexibility index (Phi) is 5.72. The second-order valence-corrected chi connectivity index (χ2v) is 9.00. The van der Waals surface area contributed by atoms with E-state index in [1.807, 2.05) is 48.5 Å². The highest BCUT2D eigenvalue weighted by Gasteiger charge is 2.30. The fourth-order valence-corrected chi connectivity index (χ4v) is 4.89. The lowest BCUT2D eigenvalue weighted by Crippen LogP contribution is -2.30. The van der Waals surface area contributed by atoms with Crippen LogP contribution in [0.2, 0.25) is 0 Å². The van der Waals surface area contributed by atoms with Gasteiger partial charge in [-0.15, -0.1) is 0 Å². The Balaban J connectivity index is 1.35. The number of hydrogen-bond acceptors (Lipinski definition) is 6. The molecular weight excluding hydrogens is 484 g/mol. The number of nitrogens with one attached hydrogen (secondary N) is 2. The lowest BCUT2D eigenvalue weighted by molar-refractivity contribution is -0.118. The molecule has 0 radical (unpaired) electrons. The second-order valence-electron chi connectivity index (χ2n) is 9.00. The molecule has 4 aromatic rings. The van der Waals surface area contributed by atoms with Crippen molar-refractivity contribution in [2.75, 3.05) is 22.1 Å². The molecule has 0 spiro atoms. The predicted octanol–water partition coefficient (Wildman–Crippen LogP) is 4.44. The molecule has 9 heteroatoms. The molecule has 2 amide bonds. The van der Waals surface area contributed by atoms with Crippen LogP contribution in [0.15, 0.2) is 83.6 Å². The van der Waals surface area contributed by atoms with Crippen LogP contribution in [0.1, 0.15) is 32.9 Å². The number of nitrogens with zero attached hydrogens (tertiary/aromatic N) is 2. The van der Waals surface area contributed by atoms with Crippen LogP contribution in [0.3, 0.4) is 0 Å². The number of aromatic carboxylic acids is 1. The average Bonchev–Trinajstić information content (AvgIpc) is 3.65. The van der Waals surface area contributed by atoms with Gasteiger partial charge in [-0.05, 0) is 47.9 Å². The summed E-state index contributed by atoms with van der Waals surface area (Å²) in [6.45, 7) is 0.562. The minimum Gasteiger partial charge on any atom is -0.478 e. The van der Waals surface area contributed by atoms with E-state index < -0.39 is 5.97 Å². The molecule has 3 aromatic carbocycles. The first-order chi connectivity index (χ1) is 18.5. The van der Waals surface area contributed by atoms with Crippen LogP contribution in [-0.2, 0) is 22.4 Å². The van der Waals surface area contributed by atoms with Gasteiger partial charge in [0.15, 0.2) is 0 Å². The summed E-state index contributed by atoms with van der Waals surface area (Å²) < 4.78 is 5.22. The molecule has 0 saturated carbocycles. The van der Waals surface area contributed by atoms with Gasteiger partial charge >= 0.3 is 5.97 Å². The molecule has 38 heavy (non-hydrogen) atoms. The zero-order valence-electron chi connectivity index (χ0n) is 20.1. The number of carbonyl (C=O) groups is 3. The van der Waals surface area contributed by atoms with E-state index in [4.69, 9.17) is 4.42 Å². The number of fused-ring (bicyclic) bond motifs is 2. The van der Waals surface area contributed by atoms with Gasteiger partial charge in [0.1, 0.15) is 12.7 Å². The summed E-state index contributed by atoms with van der Waals surface area (Å²) >= 11 is 0. The maximum atomic E-state index is 13.1. The monoisotopic (exact) mass is 506 g/mol. The van der Waals surface area contributed by atoms with Crippen molar-refractivity contribution in [3.63, 3.8) is 0 Å². The number of oxazole rings is 1. The van der Waals surface area contributed by atoms with Gasteiger partial charge < -0.3 is 25.1 Å². The average molecular weight is 507 g/mol. The van der Waals surface area contributed by atoms with E-state index in [1.54, 1.807) is 11.0 Å². The van der Waals surface area contributed by atoms with E-state index >= 15 is 0 Å². The van der Waals surface area contributed by atoms with E-state index in [-0.39, 0.29) is 23.8 Å². The molecule has 0 bridgehead atoms. The van der Waals surface area contributed by atoms with Crippen LogP contribution < -0.4 is 15.5 Å². The van der Waals surface area contributed by atoms with Crippen molar-refractivity contribution in [1.29, 1.82) is 0 Å². The summed E-state index contributed by atoms with van der Waals surface area (Å²) in [6.07, 6.45) is 3.76. The van der Waals surface area contributed by atoms with Crippen molar-refractivity contribution < 1.29 is 23.9 Å². The Bertz CT molecular complexity index is 1610. The molecule has 0 saturated heterocycles. The van der Waals surface area contributed by atoms with Crippen LogP contribution in [0.5, 0.6) is 0 Å². The standard InChI is InChI=1S/C29H22N4O5/c34-25(16-24-30-11-13-38-24)33-12-10-18-14-20(7-9-23(18)33)31-27(17-4-2-1-3-5-17)26-21-8-6-19(29(36)37)15-22(21)32-28(26)35/h1-9,11,13-15,31H,10,12,16H2,(H,32,35)(H,36,37)/b27-26-. The Morgan fingerprint density at radius 1 is 1.05 bits per heavy atom. The number of hydrogen-bond donors (Lipinski definition) is 3. The maximum Gasteiger partial charge on any atom is 0.335 e. The van der Waals surface area contributed by atoms with Gasteiger partial charge in [0, 0.05) is 23.5 Å². The van der Waals surface area contributed by atoms with E-state index in [9.17, 15) is 19.5 Å². The van der Waals surface area contributed by atoms with Crippen LogP contribution in [-0.4, -0.2) is 34.4 Å². The summed E-state index contributed by atoms with van der Waals surface area (Å²) in [5, 5.41) is 15.6. The van der Waals surface area contributed by atoms with Gasteiger partial charge in [-0.3, -0.25) is 9.59 Å². The van der Waals surface area contributed by atoms with Crippen LogP contribution in [0.4, 0.5) is 17.1 Å². The van der Waals surface area contributed by atoms with Gasteiger partial charge in [0.25, 0.3) is 5.91 Å². The molecule has 2 aliphatic rings. The highest BCUT2D eigenvalue weighted by molar-refractivity contribution is 6.37. The molecular formula is C29H22N4O5. The van der Waals surface area contributed by atoms with Gasteiger partial charge in [0.2, 0.25) is 11.8 Å².